The maximum atomic E-state index is 8.45. The van der Waals surface area contributed by atoms with Crippen LogP contribution in [0, 0.1) is 0 Å². The number of rotatable bonds is 3. The van der Waals surface area contributed by atoms with Crippen LogP contribution in [-0.4, -0.2) is 22.7 Å². The molecule has 1 unspecified atom stereocenters. The summed E-state index contributed by atoms with van der Waals surface area (Å²) in [6.45, 7) is 4.42. The molecule has 0 aliphatic rings. The summed E-state index contributed by atoms with van der Waals surface area (Å²) in [5.41, 5.74) is 0. The molecule has 2 heteroatoms. The Balaban J connectivity index is 2.83. The Bertz CT molecular complexity index is 39.1. The Labute approximate surface area is 49.1 Å². The van der Waals surface area contributed by atoms with E-state index in [4.69, 9.17) is 5.11 Å². The molecule has 0 aromatic carbocycles. The first-order valence-electron chi connectivity index (χ1n) is 2.53. The molecular weight excluding hydrogens is 108 g/mol. The predicted molar refractivity (Wildman–Crippen MR) is 34.7 cm³/mol. The van der Waals surface area contributed by atoms with Crippen LogP contribution in [0.15, 0.2) is 0 Å². The Morgan fingerprint density at radius 3 is 2.43 bits per heavy atom. The van der Waals surface area contributed by atoms with Gasteiger partial charge in [-0.2, -0.15) is 11.8 Å². The van der Waals surface area contributed by atoms with Crippen LogP contribution in [-0.2, 0) is 0 Å². The standard InChI is InChI=1S/C5H12OS/c1-3-7-5(2)4-6/h5-6H,3-4H2,1-2H3. The molecule has 0 heterocycles. The van der Waals surface area contributed by atoms with Gasteiger partial charge in [-0.15, -0.1) is 0 Å². The molecule has 1 nitrogen and oxygen atoms in total. The summed E-state index contributed by atoms with van der Waals surface area (Å²) in [7, 11) is 0. The van der Waals surface area contributed by atoms with E-state index in [1.807, 2.05) is 6.92 Å². The van der Waals surface area contributed by atoms with Gasteiger partial charge in [-0.05, 0) is 5.75 Å². The molecule has 0 aromatic rings. The molecule has 0 bridgehead atoms. The van der Waals surface area contributed by atoms with Crippen LogP contribution in [0.5, 0.6) is 0 Å². The van der Waals surface area contributed by atoms with Crippen molar-refractivity contribution in [2.24, 2.45) is 0 Å². The van der Waals surface area contributed by atoms with Crippen molar-refractivity contribution < 1.29 is 5.11 Å². The van der Waals surface area contributed by atoms with E-state index in [1.165, 1.54) is 0 Å². The maximum Gasteiger partial charge on any atom is 0.0547 e. The zero-order chi connectivity index (χ0) is 5.70. The van der Waals surface area contributed by atoms with Crippen molar-refractivity contribution in [2.75, 3.05) is 12.4 Å². The Kier molecular flexibility index (Phi) is 4.67. The number of hydrogen-bond acceptors (Lipinski definition) is 2. The number of aliphatic hydroxyl groups is 1. The van der Waals surface area contributed by atoms with Gasteiger partial charge in [-0.25, -0.2) is 0 Å². The molecule has 0 spiro atoms. The average Bonchev–Trinajstić information content (AvgIpc) is 1.68. The smallest absolute Gasteiger partial charge is 0.0547 e. The SMILES string of the molecule is CCSC(C)CO. The summed E-state index contributed by atoms with van der Waals surface area (Å²) < 4.78 is 0. The minimum absolute atomic E-state index is 0.304. The van der Waals surface area contributed by atoms with Crippen LogP contribution < -0.4 is 0 Å². The van der Waals surface area contributed by atoms with E-state index in [-0.39, 0.29) is 0 Å². The van der Waals surface area contributed by atoms with Crippen molar-refractivity contribution in [1.82, 2.24) is 0 Å². The second kappa shape index (κ2) is 4.47. The van der Waals surface area contributed by atoms with Gasteiger partial charge in [0, 0.05) is 5.25 Å². The molecule has 0 fully saturated rings. The summed E-state index contributed by atoms with van der Waals surface area (Å²) in [6.07, 6.45) is 0. The monoisotopic (exact) mass is 120 g/mol. The Morgan fingerprint density at radius 2 is 2.29 bits per heavy atom. The summed E-state index contributed by atoms with van der Waals surface area (Å²) in [6, 6.07) is 0. The fourth-order valence-corrected chi connectivity index (χ4v) is 1.01. The molecular formula is C5H12OS. The van der Waals surface area contributed by atoms with Crippen molar-refractivity contribution in [3.63, 3.8) is 0 Å². The third-order valence-corrected chi connectivity index (χ3v) is 1.76. The van der Waals surface area contributed by atoms with Crippen LogP contribution in [0.25, 0.3) is 0 Å². The lowest BCUT2D eigenvalue weighted by Gasteiger charge is -2.01. The average molecular weight is 120 g/mol. The largest absolute Gasteiger partial charge is 0.395 e. The second-order valence-electron chi connectivity index (χ2n) is 1.45. The Hall–Kier alpha value is 0.310. The molecule has 0 aliphatic heterocycles. The summed E-state index contributed by atoms with van der Waals surface area (Å²) in [4.78, 5) is 0. The second-order valence-corrected chi connectivity index (χ2v) is 3.16. The van der Waals surface area contributed by atoms with Crippen molar-refractivity contribution in [2.45, 2.75) is 19.1 Å². The molecule has 0 saturated carbocycles. The van der Waals surface area contributed by atoms with Crippen LogP contribution in [0.1, 0.15) is 13.8 Å². The first kappa shape index (κ1) is 7.31. The highest BCUT2D eigenvalue weighted by Gasteiger charge is 1.94. The van der Waals surface area contributed by atoms with E-state index >= 15 is 0 Å². The van der Waals surface area contributed by atoms with Crippen molar-refractivity contribution in [1.29, 1.82) is 0 Å². The predicted octanol–water partition coefficient (Wildman–Crippen LogP) is 1.12. The number of hydrogen-bond donors (Lipinski definition) is 1. The summed E-state index contributed by atoms with van der Waals surface area (Å²) >= 11 is 1.78. The minimum atomic E-state index is 0.304. The van der Waals surface area contributed by atoms with Gasteiger partial charge in [-0.3, -0.25) is 0 Å². The molecule has 0 rings (SSSR count). The fourth-order valence-electron chi connectivity index (χ4n) is 0.337. The maximum absolute atomic E-state index is 8.45. The topological polar surface area (TPSA) is 20.2 Å². The van der Waals surface area contributed by atoms with Crippen molar-refractivity contribution >= 4 is 11.8 Å². The normalized spacial score (nSPS) is 14.1. The summed E-state index contributed by atoms with van der Waals surface area (Å²) in [5.74, 6) is 1.10. The van der Waals surface area contributed by atoms with Crippen LogP contribution >= 0.6 is 11.8 Å². The molecule has 0 saturated heterocycles. The van der Waals surface area contributed by atoms with E-state index < -0.39 is 0 Å². The van der Waals surface area contributed by atoms with E-state index in [9.17, 15) is 0 Å². The fraction of sp³-hybridized carbons (Fsp3) is 1.00. The third-order valence-electron chi connectivity index (χ3n) is 0.708. The molecule has 7 heavy (non-hydrogen) atoms. The van der Waals surface area contributed by atoms with Crippen molar-refractivity contribution in [3.8, 4) is 0 Å². The lowest BCUT2D eigenvalue weighted by Crippen LogP contribution is -2.01. The molecule has 1 atom stereocenters. The van der Waals surface area contributed by atoms with Gasteiger partial charge in [-0.1, -0.05) is 13.8 Å². The van der Waals surface area contributed by atoms with Crippen LogP contribution in [0.2, 0.25) is 0 Å². The Morgan fingerprint density at radius 1 is 1.71 bits per heavy atom. The highest BCUT2D eigenvalue weighted by atomic mass is 32.2. The van der Waals surface area contributed by atoms with E-state index in [0.29, 0.717) is 11.9 Å². The van der Waals surface area contributed by atoms with Crippen molar-refractivity contribution in [3.05, 3.63) is 0 Å². The first-order chi connectivity index (χ1) is 3.31. The van der Waals surface area contributed by atoms with Gasteiger partial charge >= 0.3 is 0 Å². The zero-order valence-corrected chi connectivity index (χ0v) is 5.66. The van der Waals surface area contributed by atoms with E-state index in [1.54, 1.807) is 11.8 Å². The molecule has 0 amide bonds. The van der Waals surface area contributed by atoms with E-state index in [0.717, 1.165) is 5.75 Å². The van der Waals surface area contributed by atoms with Gasteiger partial charge in [0.05, 0.1) is 6.61 Å². The molecule has 0 radical (unpaired) electrons. The lowest BCUT2D eigenvalue weighted by molar-refractivity contribution is 0.300. The number of aliphatic hydroxyl groups excluding tert-OH is 1. The van der Waals surface area contributed by atoms with Gasteiger partial charge in [0.2, 0.25) is 0 Å². The van der Waals surface area contributed by atoms with Crippen LogP contribution in [0.3, 0.4) is 0 Å². The van der Waals surface area contributed by atoms with Gasteiger partial charge in [0.1, 0.15) is 0 Å². The van der Waals surface area contributed by atoms with Gasteiger partial charge in [0.15, 0.2) is 0 Å². The summed E-state index contributed by atoms with van der Waals surface area (Å²) in [5, 5.41) is 8.87. The highest BCUT2D eigenvalue weighted by molar-refractivity contribution is 7.99. The first-order valence-corrected chi connectivity index (χ1v) is 3.58. The quantitative estimate of drug-likeness (QED) is 0.602. The molecule has 1 N–H and O–H groups in total. The molecule has 0 aliphatic carbocycles. The highest BCUT2D eigenvalue weighted by Crippen LogP contribution is 2.06. The molecule has 44 valence electrons. The lowest BCUT2D eigenvalue weighted by atomic mass is 10.5. The molecule has 0 aromatic heterocycles. The van der Waals surface area contributed by atoms with Crippen LogP contribution in [0.4, 0.5) is 0 Å². The number of thioether (sulfide) groups is 1. The third kappa shape index (κ3) is 4.16. The van der Waals surface area contributed by atoms with E-state index in [2.05, 4.69) is 6.92 Å². The minimum Gasteiger partial charge on any atom is -0.395 e. The van der Waals surface area contributed by atoms with Gasteiger partial charge < -0.3 is 5.11 Å². The van der Waals surface area contributed by atoms with Gasteiger partial charge in [0.25, 0.3) is 0 Å². The zero-order valence-electron chi connectivity index (χ0n) is 4.85.